The third-order valence-electron chi connectivity index (χ3n) is 1.99. The fourth-order valence-electron chi connectivity index (χ4n) is 1.32. The number of halogens is 3. The minimum absolute atomic E-state index is 0.0774. The lowest BCUT2D eigenvalue weighted by molar-refractivity contribution is 0.153. The van der Waals surface area contributed by atoms with Crippen LogP contribution in [0.2, 0.25) is 0 Å². The van der Waals surface area contributed by atoms with Crippen LogP contribution in [0, 0.1) is 3.57 Å². The molecule has 1 aromatic carbocycles. The molecule has 1 heterocycles. The van der Waals surface area contributed by atoms with Crippen molar-refractivity contribution in [3.8, 4) is 0 Å². The molecular formula is C9H6F2INS. The molecule has 0 aliphatic rings. The van der Waals surface area contributed by atoms with Crippen LogP contribution in [0.1, 0.15) is 12.0 Å². The van der Waals surface area contributed by atoms with E-state index in [9.17, 15) is 8.78 Å². The monoisotopic (exact) mass is 325 g/mol. The second-order valence-corrected chi connectivity index (χ2v) is 4.90. The van der Waals surface area contributed by atoms with Crippen LogP contribution < -0.4 is 5.73 Å². The number of hydrogen-bond acceptors (Lipinski definition) is 2. The summed E-state index contributed by atoms with van der Waals surface area (Å²) in [5.41, 5.74) is 6.45. The molecule has 5 heteroatoms. The van der Waals surface area contributed by atoms with E-state index in [4.69, 9.17) is 5.73 Å². The molecule has 0 bridgehead atoms. The first kappa shape index (κ1) is 10.1. The number of thiophene rings is 1. The summed E-state index contributed by atoms with van der Waals surface area (Å²) in [6.07, 6.45) is -2.44. The van der Waals surface area contributed by atoms with Crippen LogP contribution in [0.4, 0.5) is 14.5 Å². The SMILES string of the molecule is Nc1c(I)cc(C(F)F)c2sccc12. The molecule has 0 amide bonds. The van der Waals surface area contributed by atoms with Crippen LogP contribution >= 0.6 is 33.9 Å². The van der Waals surface area contributed by atoms with Gasteiger partial charge in [0.2, 0.25) is 0 Å². The summed E-state index contributed by atoms with van der Waals surface area (Å²) < 4.78 is 26.6. The molecule has 2 N–H and O–H groups in total. The summed E-state index contributed by atoms with van der Waals surface area (Å²) in [6, 6.07) is 3.24. The van der Waals surface area contributed by atoms with Crippen LogP contribution in [0.3, 0.4) is 0 Å². The zero-order valence-electron chi connectivity index (χ0n) is 6.93. The van der Waals surface area contributed by atoms with E-state index < -0.39 is 6.43 Å². The highest BCUT2D eigenvalue weighted by molar-refractivity contribution is 14.1. The first-order valence-electron chi connectivity index (χ1n) is 3.84. The first-order valence-corrected chi connectivity index (χ1v) is 5.80. The third-order valence-corrected chi connectivity index (χ3v) is 3.85. The Kier molecular flexibility index (Phi) is 2.61. The number of nitrogen functional groups attached to an aromatic ring is 1. The predicted octanol–water partition coefficient (Wildman–Crippen LogP) is 4.03. The number of benzene rings is 1. The van der Waals surface area contributed by atoms with Gasteiger partial charge in [0, 0.05) is 19.2 Å². The Morgan fingerprint density at radius 3 is 2.79 bits per heavy atom. The van der Waals surface area contributed by atoms with Crippen LogP contribution in [0.15, 0.2) is 17.5 Å². The molecule has 1 aromatic heterocycles. The minimum atomic E-state index is -2.44. The lowest BCUT2D eigenvalue weighted by Crippen LogP contribution is -1.93. The number of nitrogens with two attached hydrogens (primary N) is 1. The van der Waals surface area contributed by atoms with Crippen molar-refractivity contribution in [2.24, 2.45) is 0 Å². The van der Waals surface area contributed by atoms with Gasteiger partial charge < -0.3 is 5.73 Å². The maximum absolute atomic E-state index is 12.6. The summed E-state index contributed by atoms with van der Waals surface area (Å²) in [4.78, 5) is 0. The van der Waals surface area contributed by atoms with Crippen molar-refractivity contribution in [3.05, 3.63) is 26.6 Å². The van der Waals surface area contributed by atoms with Gasteiger partial charge in [0.15, 0.2) is 0 Å². The second kappa shape index (κ2) is 3.62. The highest BCUT2D eigenvalue weighted by atomic mass is 127. The molecule has 0 aliphatic carbocycles. The normalized spacial score (nSPS) is 11.4. The summed E-state index contributed by atoms with van der Waals surface area (Å²) in [6.45, 7) is 0. The molecule has 14 heavy (non-hydrogen) atoms. The maximum Gasteiger partial charge on any atom is 0.265 e. The molecule has 0 aliphatic heterocycles. The molecule has 0 spiro atoms. The average molecular weight is 325 g/mol. The Hall–Kier alpha value is -0.430. The summed E-state index contributed by atoms with van der Waals surface area (Å²) in [5.74, 6) is 0. The first-order chi connectivity index (χ1) is 6.61. The van der Waals surface area contributed by atoms with Gasteiger partial charge in [0.1, 0.15) is 0 Å². The Balaban J connectivity index is 2.84. The highest BCUT2D eigenvalue weighted by Gasteiger charge is 2.16. The van der Waals surface area contributed by atoms with Gasteiger partial charge >= 0.3 is 0 Å². The molecule has 74 valence electrons. The van der Waals surface area contributed by atoms with Crippen molar-refractivity contribution in [2.45, 2.75) is 6.43 Å². The van der Waals surface area contributed by atoms with Crippen molar-refractivity contribution in [2.75, 3.05) is 5.73 Å². The van der Waals surface area contributed by atoms with Gasteiger partial charge in [0.05, 0.1) is 5.69 Å². The van der Waals surface area contributed by atoms with Gasteiger partial charge in [-0.25, -0.2) is 8.78 Å². The molecule has 2 rings (SSSR count). The molecule has 0 fully saturated rings. The van der Waals surface area contributed by atoms with E-state index in [0.717, 1.165) is 5.39 Å². The quantitative estimate of drug-likeness (QED) is 0.622. The molecule has 2 aromatic rings. The van der Waals surface area contributed by atoms with Gasteiger partial charge in [-0.3, -0.25) is 0 Å². The van der Waals surface area contributed by atoms with Crippen molar-refractivity contribution < 1.29 is 8.78 Å². The zero-order chi connectivity index (χ0) is 10.3. The smallest absolute Gasteiger partial charge is 0.265 e. The molecule has 0 atom stereocenters. The zero-order valence-corrected chi connectivity index (χ0v) is 9.90. The molecule has 1 nitrogen and oxygen atoms in total. The standard InChI is InChI=1S/C9H6F2INS/c10-9(11)5-3-6(12)7(13)4-1-2-14-8(4)5/h1-3,9H,13H2. The van der Waals surface area contributed by atoms with Crippen LogP contribution in [-0.2, 0) is 0 Å². The van der Waals surface area contributed by atoms with Gasteiger partial charge in [-0.1, -0.05) is 0 Å². The third kappa shape index (κ3) is 1.48. The number of anilines is 1. The number of alkyl halides is 2. The molecule has 0 radical (unpaired) electrons. The lowest BCUT2D eigenvalue weighted by atomic mass is 10.1. The minimum Gasteiger partial charge on any atom is -0.397 e. The van der Waals surface area contributed by atoms with E-state index in [1.807, 2.05) is 22.6 Å². The Morgan fingerprint density at radius 1 is 1.43 bits per heavy atom. The number of hydrogen-bond donors (Lipinski definition) is 1. The van der Waals surface area contributed by atoms with Crippen molar-refractivity contribution >= 4 is 49.7 Å². The molecular weight excluding hydrogens is 319 g/mol. The van der Waals surface area contributed by atoms with E-state index >= 15 is 0 Å². The van der Waals surface area contributed by atoms with E-state index in [-0.39, 0.29) is 5.56 Å². The van der Waals surface area contributed by atoms with Gasteiger partial charge in [-0.15, -0.1) is 11.3 Å². The van der Waals surface area contributed by atoms with E-state index in [1.165, 1.54) is 17.4 Å². The van der Waals surface area contributed by atoms with Crippen LogP contribution in [0.5, 0.6) is 0 Å². The number of rotatable bonds is 1. The van der Waals surface area contributed by atoms with Crippen LogP contribution in [0.25, 0.3) is 10.1 Å². The average Bonchev–Trinajstić information content (AvgIpc) is 2.59. The van der Waals surface area contributed by atoms with Crippen LogP contribution in [-0.4, -0.2) is 0 Å². The van der Waals surface area contributed by atoms with Gasteiger partial charge in [-0.2, -0.15) is 0 Å². The highest BCUT2D eigenvalue weighted by Crippen LogP contribution is 2.37. The Morgan fingerprint density at radius 2 is 2.14 bits per heavy atom. The second-order valence-electron chi connectivity index (χ2n) is 2.83. The van der Waals surface area contributed by atoms with Gasteiger partial charge in [-0.05, 0) is 40.1 Å². The van der Waals surface area contributed by atoms with Gasteiger partial charge in [0.25, 0.3) is 6.43 Å². The summed E-state index contributed by atoms with van der Waals surface area (Å²) in [5, 5.41) is 2.51. The van der Waals surface area contributed by atoms with Crippen molar-refractivity contribution in [1.29, 1.82) is 0 Å². The lowest BCUT2D eigenvalue weighted by Gasteiger charge is -2.06. The Labute approximate surface area is 97.1 Å². The van der Waals surface area contributed by atoms with E-state index in [2.05, 4.69) is 0 Å². The molecule has 0 saturated carbocycles. The summed E-state index contributed by atoms with van der Waals surface area (Å²) in [7, 11) is 0. The Bertz CT molecular complexity index is 481. The molecule has 0 saturated heterocycles. The fraction of sp³-hybridized carbons (Fsp3) is 0.111. The fourth-order valence-corrected chi connectivity index (χ4v) is 2.87. The van der Waals surface area contributed by atoms with E-state index in [1.54, 1.807) is 11.4 Å². The topological polar surface area (TPSA) is 26.0 Å². The number of fused-ring (bicyclic) bond motifs is 1. The predicted molar refractivity (Wildman–Crippen MR) is 63.9 cm³/mol. The van der Waals surface area contributed by atoms with Crippen molar-refractivity contribution in [1.82, 2.24) is 0 Å². The largest absolute Gasteiger partial charge is 0.397 e. The van der Waals surface area contributed by atoms with Crippen molar-refractivity contribution in [3.63, 3.8) is 0 Å². The molecule has 0 unspecified atom stereocenters. The maximum atomic E-state index is 12.6. The van der Waals surface area contributed by atoms with E-state index in [0.29, 0.717) is 14.0 Å². The summed E-state index contributed by atoms with van der Waals surface area (Å²) >= 11 is 3.28.